The second-order valence-electron chi connectivity index (χ2n) is 4.66. The fourth-order valence-corrected chi connectivity index (χ4v) is 2.42. The molecule has 0 saturated heterocycles. The first-order valence-electron chi connectivity index (χ1n) is 6.58. The van der Waals surface area contributed by atoms with Crippen molar-refractivity contribution in [3.05, 3.63) is 72.2 Å². The molecule has 3 N–H and O–H groups in total. The van der Waals surface area contributed by atoms with Gasteiger partial charge in [0.15, 0.2) is 0 Å². The van der Waals surface area contributed by atoms with Crippen LogP contribution in [0.1, 0.15) is 17.3 Å². The van der Waals surface area contributed by atoms with E-state index in [0.29, 0.717) is 0 Å². The molecule has 4 nitrogen and oxygen atoms in total. The van der Waals surface area contributed by atoms with Gasteiger partial charge in [-0.2, -0.15) is 0 Å². The lowest BCUT2D eigenvalue weighted by Gasteiger charge is -2.17. The van der Waals surface area contributed by atoms with Gasteiger partial charge in [-0.1, -0.05) is 24.3 Å². The van der Waals surface area contributed by atoms with E-state index < -0.39 is 0 Å². The highest BCUT2D eigenvalue weighted by atomic mass is 15.2. The van der Waals surface area contributed by atoms with E-state index in [4.69, 9.17) is 5.84 Å². The molecule has 2 aromatic heterocycles. The van der Waals surface area contributed by atoms with Gasteiger partial charge in [-0.3, -0.25) is 21.2 Å². The van der Waals surface area contributed by atoms with Crippen LogP contribution in [0.3, 0.4) is 0 Å². The van der Waals surface area contributed by atoms with Gasteiger partial charge in [-0.25, -0.2) is 0 Å². The van der Waals surface area contributed by atoms with E-state index in [-0.39, 0.29) is 6.04 Å². The van der Waals surface area contributed by atoms with Crippen LogP contribution in [0.5, 0.6) is 0 Å². The summed E-state index contributed by atoms with van der Waals surface area (Å²) in [5.74, 6) is 5.75. The molecule has 4 heteroatoms. The number of fused-ring (bicyclic) bond motifs is 1. The zero-order valence-electron chi connectivity index (χ0n) is 11.0. The lowest BCUT2D eigenvalue weighted by molar-refractivity contribution is 0.549. The van der Waals surface area contributed by atoms with E-state index in [1.807, 2.05) is 36.4 Å². The third kappa shape index (κ3) is 2.52. The Morgan fingerprint density at radius 3 is 2.65 bits per heavy atom. The summed E-state index contributed by atoms with van der Waals surface area (Å²) in [5, 5.41) is 1.12. The smallest absolute Gasteiger partial charge is 0.0705 e. The number of nitrogens with zero attached hydrogens (tertiary/aromatic N) is 2. The summed E-state index contributed by atoms with van der Waals surface area (Å²) in [6.45, 7) is 0. The van der Waals surface area contributed by atoms with Crippen LogP contribution in [0.2, 0.25) is 0 Å². The van der Waals surface area contributed by atoms with Gasteiger partial charge < -0.3 is 0 Å². The number of pyridine rings is 2. The molecule has 0 aliphatic carbocycles. The normalized spacial score (nSPS) is 12.4. The third-order valence-corrected chi connectivity index (χ3v) is 3.40. The van der Waals surface area contributed by atoms with E-state index in [1.165, 1.54) is 0 Å². The number of rotatable bonds is 4. The molecule has 0 aliphatic rings. The summed E-state index contributed by atoms with van der Waals surface area (Å²) in [6, 6.07) is 16.0. The Kier molecular flexibility index (Phi) is 3.67. The summed E-state index contributed by atoms with van der Waals surface area (Å²) in [6.07, 6.45) is 4.34. The van der Waals surface area contributed by atoms with Crippen molar-refractivity contribution in [2.45, 2.75) is 12.5 Å². The largest absolute Gasteiger partial charge is 0.271 e. The van der Waals surface area contributed by atoms with Crippen molar-refractivity contribution in [2.75, 3.05) is 0 Å². The van der Waals surface area contributed by atoms with E-state index in [9.17, 15) is 0 Å². The highest BCUT2D eigenvalue weighted by molar-refractivity contribution is 5.82. The minimum atomic E-state index is 0.0119. The van der Waals surface area contributed by atoms with E-state index in [0.717, 1.165) is 28.6 Å². The summed E-state index contributed by atoms with van der Waals surface area (Å²) in [7, 11) is 0. The Morgan fingerprint density at radius 1 is 0.950 bits per heavy atom. The molecule has 1 atom stereocenters. The molecule has 0 bridgehead atoms. The fraction of sp³-hybridized carbons (Fsp3) is 0.125. The second-order valence-corrected chi connectivity index (χ2v) is 4.66. The van der Waals surface area contributed by atoms with Crippen LogP contribution in [-0.2, 0) is 6.42 Å². The van der Waals surface area contributed by atoms with Gasteiger partial charge >= 0.3 is 0 Å². The van der Waals surface area contributed by atoms with Crippen molar-refractivity contribution in [1.82, 2.24) is 15.4 Å². The van der Waals surface area contributed by atoms with E-state index in [2.05, 4.69) is 27.5 Å². The first-order chi connectivity index (χ1) is 9.88. The Labute approximate surface area is 117 Å². The van der Waals surface area contributed by atoms with Gasteiger partial charge in [0, 0.05) is 29.9 Å². The number of hydrazine groups is 1. The fourth-order valence-electron chi connectivity index (χ4n) is 2.42. The number of aromatic nitrogens is 2. The highest BCUT2D eigenvalue weighted by Crippen LogP contribution is 2.24. The van der Waals surface area contributed by atoms with Gasteiger partial charge in [-0.05, 0) is 29.8 Å². The van der Waals surface area contributed by atoms with Gasteiger partial charge in [0.2, 0.25) is 0 Å². The predicted molar refractivity (Wildman–Crippen MR) is 79.7 cm³/mol. The maximum atomic E-state index is 5.75. The van der Waals surface area contributed by atoms with Crippen molar-refractivity contribution in [2.24, 2.45) is 5.84 Å². The zero-order valence-corrected chi connectivity index (χ0v) is 11.0. The van der Waals surface area contributed by atoms with Crippen LogP contribution in [0, 0.1) is 0 Å². The molecule has 3 aromatic rings. The van der Waals surface area contributed by atoms with Crippen LogP contribution in [0.15, 0.2) is 60.9 Å². The van der Waals surface area contributed by atoms with Crippen LogP contribution in [-0.4, -0.2) is 9.97 Å². The van der Waals surface area contributed by atoms with Crippen molar-refractivity contribution < 1.29 is 0 Å². The van der Waals surface area contributed by atoms with Gasteiger partial charge in [0.05, 0.1) is 11.6 Å². The maximum absolute atomic E-state index is 5.75. The molecule has 1 aromatic carbocycles. The molecule has 0 saturated carbocycles. The average molecular weight is 264 g/mol. The van der Waals surface area contributed by atoms with Crippen LogP contribution in [0.25, 0.3) is 10.9 Å². The molecule has 20 heavy (non-hydrogen) atoms. The summed E-state index contributed by atoms with van der Waals surface area (Å²) in [4.78, 5) is 8.74. The minimum Gasteiger partial charge on any atom is -0.271 e. The predicted octanol–water partition coefficient (Wildman–Crippen LogP) is 2.38. The Balaban J connectivity index is 1.99. The molecule has 0 spiro atoms. The summed E-state index contributed by atoms with van der Waals surface area (Å²) < 4.78 is 0. The lowest BCUT2D eigenvalue weighted by Crippen LogP contribution is -2.30. The molecule has 0 fully saturated rings. The third-order valence-electron chi connectivity index (χ3n) is 3.40. The lowest BCUT2D eigenvalue weighted by atomic mass is 9.98. The SMILES string of the molecule is NNC(Cc1ccccn1)c1cccc2ncccc12. The van der Waals surface area contributed by atoms with Crippen LogP contribution >= 0.6 is 0 Å². The first-order valence-corrected chi connectivity index (χ1v) is 6.58. The van der Waals surface area contributed by atoms with E-state index in [1.54, 1.807) is 12.4 Å². The van der Waals surface area contributed by atoms with Crippen LogP contribution < -0.4 is 11.3 Å². The van der Waals surface area contributed by atoms with Crippen molar-refractivity contribution in [3.63, 3.8) is 0 Å². The first kappa shape index (κ1) is 12.7. The molecule has 0 amide bonds. The molecule has 2 heterocycles. The maximum Gasteiger partial charge on any atom is 0.0705 e. The van der Waals surface area contributed by atoms with Gasteiger partial charge in [0.1, 0.15) is 0 Å². The van der Waals surface area contributed by atoms with Gasteiger partial charge in [0.25, 0.3) is 0 Å². The summed E-state index contributed by atoms with van der Waals surface area (Å²) in [5.41, 5.74) is 6.02. The zero-order chi connectivity index (χ0) is 13.8. The number of nitrogens with one attached hydrogen (secondary N) is 1. The number of nitrogens with two attached hydrogens (primary N) is 1. The quantitative estimate of drug-likeness (QED) is 0.561. The Bertz CT molecular complexity index is 692. The number of benzene rings is 1. The molecule has 0 radical (unpaired) electrons. The average Bonchev–Trinajstić information content (AvgIpc) is 2.53. The van der Waals surface area contributed by atoms with Gasteiger partial charge in [-0.15, -0.1) is 0 Å². The second kappa shape index (κ2) is 5.77. The molecule has 1 unspecified atom stereocenters. The molecule has 100 valence electrons. The molecule has 0 aliphatic heterocycles. The minimum absolute atomic E-state index is 0.0119. The molecular formula is C16H16N4. The van der Waals surface area contributed by atoms with E-state index >= 15 is 0 Å². The highest BCUT2D eigenvalue weighted by Gasteiger charge is 2.14. The number of hydrogen-bond acceptors (Lipinski definition) is 4. The number of hydrogen-bond donors (Lipinski definition) is 2. The topological polar surface area (TPSA) is 63.8 Å². The molecular weight excluding hydrogens is 248 g/mol. The Morgan fingerprint density at radius 2 is 1.85 bits per heavy atom. The van der Waals surface area contributed by atoms with Crippen molar-refractivity contribution >= 4 is 10.9 Å². The standard InChI is InChI=1S/C16H16N4/c17-20-16(11-12-5-1-2-9-18-12)14-6-3-8-15-13(14)7-4-10-19-15/h1-10,16,20H,11,17H2. The van der Waals surface area contributed by atoms with Crippen LogP contribution in [0.4, 0.5) is 0 Å². The molecule has 3 rings (SSSR count). The van der Waals surface area contributed by atoms with Crippen molar-refractivity contribution in [1.29, 1.82) is 0 Å². The van der Waals surface area contributed by atoms with Crippen molar-refractivity contribution in [3.8, 4) is 0 Å². The monoisotopic (exact) mass is 264 g/mol. The Hall–Kier alpha value is -2.30. The summed E-state index contributed by atoms with van der Waals surface area (Å²) >= 11 is 0.